The van der Waals surface area contributed by atoms with Crippen molar-refractivity contribution >= 4 is 17.6 Å². The Morgan fingerprint density at radius 3 is 2.60 bits per heavy atom. The lowest BCUT2D eigenvalue weighted by Crippen LogP contribution is -2.22. The standard InChI is InChI=1S/C11H12ClFO2/c1-11(2,6-10(14)15)8-4-3-7(13)5-9(8)12/h3-5H,6H2,1-2H3,(H,14,15). The lowest BCUT2D eigenvalue weighted by Gasteiger charge is -2.24. The molecule has 0 amide bonds. The van der Waals surface area contributed by atoms with Gasteiger partial charge in [-0.3, -0.25) is 4.79 Å². The molecular weight excluding hydrogens is 219 g/mol. The summed E-state index contributed by atoms with van der Waals surface area (Å²) in [6, 6.07) is 4.01. The lowest BCUT2D eigenvalue weighted by atomic mass is 9.81. The van der Waals surface area contributed by atoms with E-state index in [1.165, 1.54) is 18.2 Å². The molecule has 2 nitrogen and oxygen atoms in total. The van der Waals surface area contributed by atoms with Crippen LogP contribution in [0.15, 0.2) is 18.2 Å². The summed E-state index contributed by atoms with van der Waals surface area (Å²) in [6.07, 6.45) is -0.0433. The number of hydrogen-bond acceptors (Lipinski definition) is 1. The van der Waals surface area contributed by atoms with Gasteiger partial charge in [0.05, 0.1) is 6.42 Å². The van der Waals surface area contributed by atoms with Crippen molar-refractivity contribution in [2.24, 2.45) is 0 Å². The van der Waals surface area contributed by atoms with Crippen LogP contribution in [0.4, 0.5) is 4.39 Å². The summed E-state index contributed by atoms with van der Waals surface area (Å²) < 4.78 is 12.8. The average molecular weight is 231 g/mol. The summed E-state index contributed by atoms with van der Waals surface area (Å²) in [5, 5.41) is 9.00. The molecule has 0 aliphatic heterocycles. The summed E-state index contributed by atoms with van der Waals surface area (Å²) in [7, 11) is 0. The molecule has 0 aromatic heterocycles. The highest BCUT2D eigenvalue weighted by molar-refractivity contribution is 6.31. The number of carboxylic acids is 1. The molecule has 0 atom stereocenters. The van der Waals surface area contributed by atoms with Gasteiger partial charge in [0.2, 0.25) is 0 Å². The van der Waals surface area contributed by atoms with E-state index >= 15 is 0 Å². The van der Waals surface area contributed by atoms with Crippen molar-refractivity contribution in [3.63, 3.8) is 0 Å². The Balaban J connectivity index is 3.09. The minimum atomic E-state index is -0.902. The molecule has 1 N–H and O–H groups in total. The molecule has 0 aliphatic carbocycles. The van der Waals surface area contributed by atoms with Crippen molar-refractivity contribution in [3.05, 3.63) is 34.6 Å². The van der Waals surface area contributed by atoms with Crippen LogP contribution in [0.25, 0.3) is 0 Å². The minimum absolute atomic E-state index is 0.0433. The van der Waals surface area contributed by atoms with Crippen LogP contribution in [0.1, 0.15) is 25.8 Å². The highest BCUT2D eigenvalue weighted by Gasteiger charge is 2.26. The molecule has 0 saturated carbocycles. The fraction of sp³-hybridized carbons (Fsp3) is 0.364. The number of rotatable bonds is 3. The lowest BCUT2D eigenvalue weighted by molar-refractivity contribution is -0.138. The fourth-order valence-electron chi connectivity index (χ4n) is 1.51. The van der Waals surface area contributed by atoms with Crippen molar-refractivity contribution in [2.45, 2.75) is 25.7 Å². The average Bonchev–Trinajstić information content (AvgIpc) is 1.99. The summed E-state index contributed by atoms with van der Waals surface area (Å²) in [6.45, 7) is 3.53. The molecule has 1 aromatic carbocycles. The van der Waals surface area contributed by atoms with Gasteiger partial charge in [-0.2, -0.15) is 0 Å². The quantitative estimate of drug-likeness (QED) is 0.866. The highest BCUT2D eigenvalue weighted by atomic mass is 35.5. The number of carboxylic acid groups (broad SMARTS) is 1. The molecule has 82 valence electrons. The Kier molecular flexibility index (Phi) is 3.35. The maximum absolute atomic E-state index is 12.8. The third-order valence-corrected chi connectivity index (χ3v) is 2.57. The van der Waals surface area contributed by atoms with E-state index in [0.717, 1.165) is 0 Å². The van der Waals surface area contributed by atoms with E-state index in [0.29, 0.717) is 5.56 Å². The van der Waals surface area contributed by atoms with Crippen LogP contribution in [-0.2, 0) is 10.2 Å². The predicted octanol–water partition coefficient (Wildman–Crippen LogP) is 3.23. The SMILES string of the molecule is CC(C)(CC(=O)O)c1ccc(F)cc1Cl. The van der Waals surface area contributed by atoms with E-state index in [2.05, 4.69) is 0 Å². The van der Waals surface area contributed by atoms with Crippen molar-refractivity contribution in [2.75, 3.05) is 0 Å². The van der Waals surface area contributed by atoms with Crippen LogP contribution in [0.3, 0.4) is 0 Å². The van der Waals surface area contributed by atoms with Gasteiger partial charge in [-0.25, -0.2) is 4.39 Å². The van der Waals surface area contributed by atoms with Crippen LogP contribution < -0.4 is 0 Å². The van der Waals surface area contributed by atoms with E-state index in [1.54, 1.807) is 13.8 Å². The van der Waals surface area contributed by atoms with Crippen LogP contribution in [0, 0.1) is 5.82 Å². The van der Waals surface area contributed by atoms with Gasteiger partial charge in [0.25, 0.3) is 0 Å². The molecule has 4 heteroatoms. The first-order chi connectivity index (χ1) is 6.83. The first-order valence-electron chi connectivity index (χ1n) is 4.50. The highest BCUT2D eigenvalue weighted by Crippen LogP contribution is 2.32. The Morgan fingerprint density at radius 1 is 1.53 bits per heavy atom. The molecule has 0 radical (unpaired) electrons. The Hall–Kier alpha value is -1.09. The second kappa shape index (κ2) is 4.19. The van der Waals surface area contributed by atoms with E-state index < -0.39 is 17.2 Å². The summed E-state index contributed by atoms with van der Waals surface area (Å²) >= 11 is 5.86. The Morgan fingerprint density at radius 2 is 2.13 bits per heavy atom. The van der Waals surface area contributed by atoms with Crippen molar-refractivity contribution < 1.29 is 14.3 Å². The molecule has 0 aliphatic rings. The van der Waals surface area contributed by atoms with Gasteiger partial charge in [0.1, 0.15) is 5.82 Å². The minimum Gasteiger partial charge on any atom is -0.481 e. The van der Waals surface area contributed by atoms with Crippen molar-refractivity contribution in [3.8, 4) is 0 Å². The predicted molar refractivity (Wildman–Crippen MR) is 56.7 cm³/mol. The zero-order chi connectivity index (χ0) is 11.6. The maximum Gasteiger partial charge on any atom is 0.304 e. The normalized spacial score (nSPS) is 11.5. The van der Waals surface area contributed by atoms with E-state index in [9.17, 15) is 9.18 Å². The smallest absolute Gasteiger partial charge is 0.304 e. The van der Waals surface area contributed by atoms with Gasteiger partial charge in [-0.05, 0) is 17.7 Å². The first-order valence-corrected chi connectivity index (χ1v) is 4.88. The number of benzene rings is 1. The molecule has 0 fully saturated rings. The molecule has 1 rings (SSSR count). The summed E-state index contributed by atoms with van der Waals surface area (Å²) in [4.78, 5) is 10.6. The van der Waals surface area contributed by atoms with Crippen LogP contribution >= 0.6 is 11.6 Å². The molecule has 0 heterocycles. The van der Waals surface area contributed by atoms with Gasteiger partial charge in [-0.1, -0.05) is 31.5 Å². The van der Waals surface area contributed by atoms with Crippen molar-refractivity contribution in [1.29, 1.82) is 0 Å². The second-order valence-corrected chi connectivity index (χ2v) is 4.49. The Bertz CT molecular complexity index is 388. The fourth-order valence-corrected chi connectivity index (χ4v) is 1.93. The van der Waals surface area contributed by atoms with Crippen LogP contribution in [-0.4, -0.2) is 11.1 Å². The largest absolute Gasteiger partial charge is 0.481 e. The second-order valence-electron chi connectivity index (χ2n) is 4.08. The van der Waals surface area contributed by atoms with Gasteiger partial charge in [-0.15, -0.1) is 0 Å². The molecule has 0 unspecified atom stereocenters. The third kappa shape index (κ3) is 2.93. The van der Waals surface area contributed by atoms with E-state index in [1.807, 2.05) is 0 Å². The molecule has 0 spiro atoms. The maximum atomic E-state index is 12.8. The van der Waals surface area contributed by atoms with Gasteiger partial charge in [0, 0.05) is 10.4 Å². The molecule has 1 aromatic rings. The third-order valence-electron chi connectivity index (χ3n) is 2.25. The van der Waals surface area contributed by atoms with Gasteiger partial charge in [0.15, 0.2) is 0 Å². The number of halogens is 2. The molecule has 0 saturated heterocycles. The van der Waals surface area contributed by atoms with Gasteiger partial charge < -0.3 is 5.11 Å². The monoisotopic (exact) mass is 230 g/mol. The zero-order valence-electron chi connectivity index (χ0n) is 8.55. The van der Waals surface area contributed by atoms with Crippen LogP contribution in [0.5, 0.6) is 0 Å². The van der Waals surface area contributed by atoms with E-state index in [-0.39, 0.29) is 11.4 Å². The number of carbonyl (C=O) groups is 1. The van der Waals surface area contributed by atoms with E-state index in [4.69, 9.17) is 16.7 Å². The molecular formula is C11H12ClFO2. The zero-order valence-corrected chi connectivity index (χ0v) is 9.31. The Labute approximate surface area is 92.7 Å². The topological polar surface area (TPSA) is 37.3 Å². The summed E-state index contributed by atoms with van der Waals surface area (Å²) in [5.41, 5.74) is 0.0457. The first kappa shape index (κ1) is 12.0. The van der Waals surface area contributed by atoms with Gasteiger partial charge >= 0.3 is 5.97 Å². The summed E-state index contributed by atoms with van der Waals surface area (Å²) in [5.74, 6) is -1.32. The number of aliphatic carboxylic acids is 1. The molecule has 15 heavy (non-hydrogen) atoms. The number of hydrogen-bond donors (Lipinski definition) is 1. The molecule has 0 bridgehead atoms. The van der Waals surface area contributed by atoms with Crippen LogP contribution in [0.2, 0.25) is 5.02 Å². The van der Waals surface area contributed by atoms with Crippen molar-refractivity contribution in [1.82, 2.24) is 0 Å².